The molecule has 2 aromatic rings. The van der Waals surface area contributed by atoms with Crippen LogP contribution in [-0.4, -0.2) is 41.0 Å². The van der Waals surface area contributed by atoms with E-state index in [0.29, 0.717) is 18.2 Å². The van der Waals surface area contributed by atoms with Crippen molar-refractivity contribution in [2.45, 2.75) is 39.2 Å². The van der Waals surface area contributed by atoms with Crippen LogP contribution in [-0.2, 0) is 31.0 Å². The van der Waals surface area contributed by atoms with Crippen LogP contribution < -0.4 is 10.5 Å². The minimum absolute atomic E-state index is 0.0102. The molecule has 25 heavy (non-hydrogen) atoms. The van der Waals surface area contributed by atoms with Crippen LogP contribution in [0.15, 0.2) is 24.3 Å². The van der Waals surface area contributed by atoms with Crippen LogP contribution >= 0.6 is 11.6 Å². The maximum atomic E-state index is 6.53. The molecule has 1 atom stereocenters. The largest absolute Gasteiger partial charge is 0.497 e. The van der Waals surface area contributed by atoms with Crippen molar-refractivity contribution >= 4 is 11.6 Å². The molecule has 0 aliphatic carbocycles. The topological polar surface area (TPSA) is 65.5 Å². The summed E-state index contributed by atoms with van der Waals surface area (Å²) < 4.78 is 12.8. The van der Waals surface area contributed by atoms with E-state index in [2.05, 4.69) is 22.1 Å². The van der Waals surface area contributed by atoms with Crippen LogP contribution in [0.4, 0.5) is 0 Å². The van der Waals surface area contributed by atoms with E-state index in [-0.39, 0.29) is 6.04 Å². The molecule has 0 amide bonds. The van der Waals surface area contributed by atoms with Gasteiger partial charge in [-0.25, -0.2) is 0 Å². The third kappa shape index (κ3) is 4.52. The van der Waals surface area contributed by atoms with E-state index in [4.69, 9.17) is 26.8 Å². The van der Waals surface area contributed by atoms with Crippen molar-refractivity contribution < 1.29 is 9.47 Å². The molecule has 136 valence electrons. The highest BCUT2D eigenvalue weighted by Gasteiger charge is 2.23. The monoisotopic (exact) mass is 364 g/mol. The molecule has 0 spiro atoms. The fourth-order valence-electron chi connectivity index (χ4n) is 2.95. The van der Waals surface area contributed by atoms with Crippen molar-refractivity contribution in [2.75, 3.05) is 20.3 Å². The molecule has 0 saturated heterocycles. The molecule has 1 aromatic carbocycles. The first-order valence-corrected chi connectivity index (χ1v) is 8.87. The van der Waals surface area contributed by atoms with Gasteiger partial charge in [0.2, 0.25) is 0 Å². The van der Waals surface area contributed by atoms with Crippen molar-refractivity contribution in [2.24, 2.45) is 5.73 Å². The first kappa shape index (κ1) is 18.2. The summed E-state index contributed by atoms with van der Waals surface area (Å²) in [5.41, 5.74) is 8.81. The molecular weight excluding hydrogens is 340 g/mol. The van der Waals surface area contributed by atoms with Gasteiger partial charge in [-0.1, -0.05) is 23.7 Å². The Morgan fingerprint density at radius 2 is 2.04 bits per heavy atom. The minimum atomic E-state index is 0.0102. The van der Waals surface area contributed by atoms with Gasteiger partial charge in [0.05, 0.1) is 37.6 Å². The van der Waals surface area contributed by atoms with E-state index in [9.17, 15) is 0 Å². The average molecular weight is 365 g/mol. The summed E-state index contributed by atoms with van der Waals surface area (Å²) in [7, 11) is 1.68. The quantitative estimate of drug-likeness (QED) is 0.817. The molecule has 2 heterocycles. The number of rotatable bonds is 7. The van der Waals surface area contributed by atoms with Gasteiger partial charge in [0.15, 0.2) is 0 Å². The number of benzene rings is 1. The molecular formula is C18H25ClN4O2. The summed E-state index contributed by atoms with van der Waals surface area (Å²) in [6.45, 7) is 6.25. The van der Waals surface area contributed by atoms with Crippen LogP contribution in [0, 0.1) is 0 Å². The third-order valence-corrected chi connectivity index (χ3v) is 4.68. The molecule has 0 fully saturated rings. The van der Waals surface area contributed by atoms with Crippen LogP contribution in [0.5, 0.6) is 5.75 Å². The highest BCUT2D eigenvalue weighted by Crippen LogP contribution is 2.26. The Labute approximate surface area is 153 Å². The van der Waals surface area contributed by atoms with Crippen LogP contribution in [0.25, 0.3) is 0 Å². The van der Waals surface area contributed by atoms with Crippen molar-refractivity contribution in [3.63, 3.8) is 0 Å². The zero-order chi connectivity index (χ0) is 17.8. The van der Waals surface area contributed by atoms with Gasteiger partial charge in [-0.05, 0) is 24.6 Å². The van der Waals surface area contributed by atoms with Crippen LogP contribution in [0.1, 0.15) is 23.9 Å². The Morgan fingerprint density at radius 1 is 1.28 bits per heavy atom. The van der Waals surface area contributed by atoms with Gasteiger partial charge in [0.25, 0.3) is 0 Å². The summed E-state index contributed by atoms with van der Waals surface area (Å²) in [5, 5.41) is 5.30. The van der Waals surface area contributed by atoms with Crippen molar-refractivity contribution in [3.8, 4) is 5.75 Å². The van der Waals surface area contributed by atoms with E-state index in [1.54, 1.807) is 7.11 Å². The Morgan fingerprint density at radius 3 is 2.72 bits per heavy atom. The van der Waals surface area contributed by atoms with Crippen molar-refractivity contribution in [1.82, 2.24) is 14.7 Å². The van der Waals surface area contributed by atoms with E-state index in [1.165, 1.54) is 5.56 Å². The maximum Gasteiger partial charge on any atom is 0.118 e. The fourth-order valence-corrected chi connectivity index (χ4v) is 3.20. The molecule has 0 radical (unpaired) electrons. The zero-order valence-corrected chi connectivity index (χ0v) is 15.5. The highest BCUT2D eigenvalue weighted by molar-refractivity contribution is 6.31. The number of fused-ring (bicyclic) bond motifs is 1. The molecule has 7 heteroatoms. The van der Waals surface area contributed by atoms with E-state index in [1.807, 2.05) is 23.7 Å². The Bertz CT molecular complexity index is 700. The summed E-state index contributed by atoms with van der Waals surface area (Å²) >= 11 is 6.53. The lowest BCUT2D eigenvalue weighted by atomic mass is 10.2. The molecule has 3 rings (SSSR count). The Balaban J connectivity index is 1.63. The summed E-state index contributed by atoms with van der Waals surface area (Å²) in [6.07, 6.45) is 0. The summed E-state index contributed by atoms with van der Waals surface area (Å²) in [4.78, 5) is 2.37. The lowest BCUT2D eigenvalue weighted by molar-refractivity contribution is 0.108. The number of hydrogen-bond acceptors (Lipinski definition) is 5. The normalized spacial score (nSPS) is 15.8. The number of methoxy groups -OCH3 is 1. The smallest absolute Gasteiger partial charge is 0.118 e. The first-order valence-electron chi connectivity index (χ1n) is 8.49. The molecule has 0 unspecified atom stereocenters. The predicted molar refractivity (Wildman–Crippen MR) is 97.7 cm³/mol. The zero-order valence-electron chi connectivity index (χ0n) is 14.7. The molecule has 0 saturated carbocycles. The molecule has 1 aliphatic heterocycles. The standard InChI is InChI=1S/C18H25ClN4O2/c1-13(20)11-25-12-16-18(19)17-10-22(7-8-23(17)21-16)9-14-3-5-15(24-2)6-4-14/h3-6,13H,7-12,20H2,1-2H3/t13-/m0/s1. The van der Waals surface area contributed by atoms with Gasteiger partial charge in [0.1, 0.15) is 11.4 Å². The van der Waals surface area contributed by atoms with E-state index < -0.39 is 0 Å². The van der Waals surface area contributed by atoms with Crippen molar-refractivity contribution in [1.29, 1.82) is 0 Å². The number of nitrogens with zero attached hydrogens (tertiary/aromatic N) is 3. The van der Waals surface area contributed by atoms with Crippen LogP contribution in [0.3, 0.4) is 0 Å². The van der Waals surface area contributed by atoms with Crippen LogP contribution in [0.2, 0.25) is 5.02 Å². The van der Waals surface area contributed by atoms with Gasteiger partial charge < -0.3 is 15.2 Å². The second kappa shape index (κ2) is 8.19. The summed E-state index contributed by atoms with van der Waals surface area (Å²) in [6, 6.07) is 8.18. The number of aromatic nitrogens is 2. The van der Waals surface area contributed by atoms with Gasteiger partial charge in [-0.15, -0.1) is 0 Å². The molecule has 2 N–H and O–H groups in total. The van der Waals surface area contributed by atoms with Gasteiger partial charge >= 0.3 is 0 Å². The SMILES string of the molecule is COc1ccc(CN2CCn3nc(COC[C@H](C)N)c(Cl)c3C2)cc1. The van der Waals surface area contributed by atoms with E-state index >= 15 is 0 Å². The number of hydrogen-bond donors (Lipinski definition) is 1. The number of ether oxygens (including phenoxy) is 2. The predicted octanol–water partition coefficient (Wildman–Crippen LogP) is 2.42. The Hall–Kier alpha value is -1.60. The number of nitrogens with two attached hydrogens (primary N) is 1. The highest BCUT2D eigenvalue weighted by atomic mass is 35.5. The number of halogens is 1. The van der Waals surface area contributed by atoms with E-state index in [0.717, 1.165) is 43.3 Å². The van der Waals surface area contributed by atoms with Gasteiger partial charge in [0, 0.05) is 25.7 Å². The Kier molecular flexibility index (Phi) is 5.96. The molecule has 1 aromatic heterocycles. The minimum Gasteiger partial charge on any atom is -0.497 e. The van der Waals surface area contributed by atoms with Crippen molar-refractivity contribution in [3.05, 3.63) is 46.2 Å². The first-order chi connectivity index (χ1) is 12.1. The second-order valence-corrected chi connectivity index (χ2v) is 6.86. The van der Waals surface area contributed by atoms with Gasteiger partial charge in [-0.3, -0.25) is 9.58 Å². The lowest BCUT2D eigenvalue weighted by Gasteiger charge is -2.27. The molecule has 0 bridgehead atoms. The molecule has 6 nitrogen and oxygen atoms in total. The lowest BCUT2D eigenvalue weighted by Crippen LogP contribution is -2.33. The fraction of sp³-hybridized carbons (Fsp3) is 0.500. The third-order valence-electron chi connectivity index (χ3n) is 4.25. The molecule has 1 aliphatic rings. The maximum absolute atomic E-state index is 6.53. The average Bonchev–Trinajstić information content (AvgIpc) is 2.91. The second-order valence-electron chi connectivity index (χ2n) is 6.48. The van der Waals surface area contributed by atoms with Gasteiger partial charge in [-0.2, -0.15) is 5.10 Å². The summed E-state index contributed by atoms with van der Waals surface area (Å²) in [5.74, 6) is 0.875.